The van der Waals surface area contributed by atoms with Crippen molar-refractivity contribution in [1.29, 1.82) is 0 Å². The van der Waals surface area contributed by atoms with Crippen molar-refractivity contribution in [2.45, 2.75) is 0 Å². The molecule has 0 saturated heterocycles. The van der Waals surface area contributed by atoms with Gasteiger partial charge in [-0.3, -0.25) is 0 Å². The van der Waals surface area contributed by atoms with Crippen LogP contribution < -0.4 is 0 Å². The van der Waals surface area contributed by atoms with Crippen LogP contribution in [0.15, 0.2) is 12.1 Å². The fraction of sp³-hybridized carbons (Fsp3) is 0.200. The first-order valence-electron chi connectivity index (χ1n) is 4.51. The quantitative estimate of drug-likeness (QED) is 0.630. The second-order valence-corrected chi connectivity index (χ2v) is 4.12. The molecule has 0 aliphatic carbocycles. The zero-order valence-corrected chi connectivity index (χ0v) is 10.3. The number of methoxy groups -OCH3 is 1. The largest absolute Gasteiger partial charge is 0.465 e. The first-order valence-corrected chi connectivity index (χ1v) is 5.29. The fourth-order valence-electron chi connectivity index (χ4n) is 1.51. The molecule has 0 saturated carbocycles. The number of ether oxygens (including phenoxy) is 1. The molecular formula is C10H9ClN2O2S. The highest BCUT2D eigenvalue weighted by molar-refractivity contribution is 7.71. The summed E-state index contributed by atoms with van der Waals surface area (Å²) < 4.78 is 6.99. The van der Waals surface area contributed by atoms with Gasteiger partial charge in [0.05, 0.1) is 28.7 Å². The predicted octanol–water partition coefficient (Wildman–Crippen LogP) is 2.68. The summed E-state index contributed by atoms with van der Waals surface area (Å²) in [7, 11) is 3.13. The monoisotopic (exact) mass is 256 g/mol. The smallest absolute Gasteiger partial charge is 0.339 e. The van der Waals surface area contributed by atoms with Crippen LogP contribution in [-0.4, -0.2) is 22.6 Å². The second-order valence-electron chi connectivity index (χ2n) is 3.33. The highest BCUT2D eigenvalue weighted by Gasteiger charge is 2.13. The SMILES string of the molecule is COC(=O)c1cc2c(cc1Cl)[nH]c(=S)n2C. The number of hydrogen-bond donors (Lipinski definition) is 1. The number of aromatic amines is 1. The number of carbonyl (C=O) groups is 1. The molecule has 0 spiro atoms. The van der Waals surface area contributed by atoms with Gasteiger partial charge < -0.3 is 14.3 Å². The number of H-pyrrole nitrogens is 1. The maximum absolute atomic E-state index is 11.4. The predicted molar refractivity (Wildman–Crippen MR) is 64.5 cm³/mol. The van der Waals surface area contributed by atoms with Crippen LogP contribution in [0.1, 0.15) is 10.4 Å². The summed E-state index contributed by atoms with van der Waals surface area (Å²) in [6.45, 7) is 0. The van der Waals surface area contributed by atoms with Gasteiger partial charge in [0.1, 0.15) is 0 Å². The third-order valence-electron chi connectivity index (χ3n) is 2.40. The first kappa shape index (κ1) is 11.2. The number of nitrogens with one attached hydrogen (secondary N) is 1. The Kier molecular flexibility index (Phi) is 2.73. The molecule has 1 aromatic heterocycles. The van der Waals surface area contributed by atoms with E-state index in [0.717, 1.165) is 11.0 Å². The van der Waals surface area contributed by atoms with E-state index in [1.54, 1.807) is 16.7 Å². The van der Waals surface area contributed by atoms with Crippen molar-refractivity contribution in [3.8, 4) is 0 Å². The van der Waals surface area contributed by atoms with Crippen LogP contribution in [0.3, 0.4) is 0 Å². The minimum absolute atomic E-state index is 0.335. The maximum Gasteiger partial charge on any atom is 0.339 e. The molecule has 0 aliphatic rings. The van der Waals surface area contributed by atoms with Crippen LogP contribution in [0.5, 0.6) is 0 Å². The molecule has 6 heteroatoms. The maximum atomic E-state index is 11.4. The number of carbonyl (C=O) groups excluding carboxylic acids is 1. The van der Waals surface area contributed by atoms with E-state index < -0.39 is 5.97 Å². The number of esters is 1. The molecule has 1 heterocycles. The number of imidazole rings is 1. The van der Waals surface area contributed by atoms with Crippen LogP contribution in [-0.2, 0) is 11.8 Å². The molecule has 0 bridgehead atoms. The number of aryl methyl sites for hydroxylation is 1. The minimum atomic E-state index is -0.459. The molecule has 0 unspecified atom stereocenters. The average Bonchev–Trinajstić information content (AvgIpc) is 2.52. The fourth-order valence-corrected chi connectivity index (χ4v) is 1.96. The summed E-state index contributed by atoms with van der Waals surface area (Å²) in [5.74, 6) is -0.459. The molecule has 0 aliphatic heterocycles. The zero-order valence-electron chi connectivity index (χ0n) is 8.70. The molecule has 2 aromatic rings. The lowest BCUT2D eigenvalue weighted by Crippen LogP contribution is -2.02. The minimum Gasteiger partial charge on any atom is -0.465 e. The van der Waals surface area contributed by atoms with Gasteiger partial charge in [-0.25, -0.2) is 4.79 Å². The van der Waals surface area contributed by atoms with Crippen molar-refractivity contribution in [1.82, 2.24) is 9.55 Å². The van der Waals surface area contributed by atoms with Crippen molar-refractivity contribution < 1.29 is 9.53 Å². The number of halogens is 1. The van der Waals surface area contributed by atoms with Crippen LogP contribution in [0.2, 0.25) is 5.02 Å². The number of rotatable bonds is 1. The Bertz CT molecular complexity index is 630. The first-order chi connectivity index (χ1) is 7.54. The molecule has 0 atom stereocenters. The molecule has 1 aromatic carbocycles. The van der Waals surface area contributed by atoms with Gasteiger partial charge in [-0.2, -0.15) is 0 Å². The van der Waals surface area contributed by atoms with E-state index in [-0.39, 0.29) is 0 Å². The van der Waals surface area contributed by atoms with Crippen LogP contribution in [0, 0.1) is 4.77 Å². The Balaban J connectivity index is 2.78. The van der Waals surface area contributed by atoms with Gasteiger partial charge in [0.15, 0.2) is 4.77 Å². The summed E-state index contributed by atoms with van der Waals surface area (Å²) in [5.41, 5.74) is 1.95. The Hall–Kier alpha value is -1.33. The van der Waals surface area contributed by atoms with Crippen LogP contribution >= 0.6 is 23.8 Å². The summed E-state index contributed by atoms with van der Waals surface area (Å²) in [6, 6.07) is 3.33. The van der Waals surface area contributed by atoms with Gasteiger partial charge in [-0.15, -0.1) is 0 Å². The van der Waals surface area contributed by atoms with Crippen LogP contribution in [0.4, 0.5) is 0 Å². The molecular weight excluding hydrogens is 248 g/mol. The molecule has 16 heavy (non-hydrogen) atoms. The molecule has 0 amide bonds. The van der Waals surface area contributed by atoms with E-state index in [0.29, 0.717) is 15.4 Å². The number of hydrogen-bond acceptors (Lipinski definition) is 3. The van der Waals surface area contributed by atoms with Gasteiger partial charge >= 0.3 is 5.97 Å². The highest BCUT2D eigenvalue weighted by atomic mass is 35.5. The lowest BCUT2D eigenvalue weighted by Gasteiger charge is -2.03. The van der Waals surface area contributed by atoms with Gasteiger partial charge in [-0.1, -0.05) is 11.6 Å². The van der Waals surface area contributed by atoms with Crippen LogP contribution in [0.25, 0.3) is 11.0 Å². The summed E-state index contributed by atoms with van der Waals surface area (Å²) in [5, 5.41) is 0.344. The Morgan fingerprint density at radius 3 is 2.88 bits per heavy atom. The van der Waals surface area contributed by atoms with Crippen molar-refractivity contribution in [2.24, 2.45) is 7.05 Å². The van der Waals surface area contributed by atoms with Gasteiger partial charge in [-0.05, 0) is 24.4 Å². The third kappa shape index (κ3) is 1.62. The van der Waals surface area contributed by atoms with Crippen molar-refractivity contribution >= 4 is 40.8 Å². The normalized spacial score (nSPS) is 10.7. The van der Waals surface area contributed by atoms with Gasteiger partial charge in [0, 0.05) is 7.05 Å². The molecule has 4 nitrogen and oxygen atoms in total. The lowest BCUT2D eigenvalue weighted by molar-refractivity contribution is 0.0601. The third-order valence-corrected chi connectivity index (χ3v) is 3.09. The van der Waals surface area contributed by atoms with E-state index in [2.05, 4.69) is 9.72 Å². The number of benzene rings is 1. The van der Waals surface area contributed by atoms with E-state index in [1.165, 1.54) is 7.11 Å². The van der Waals surface area contributed by atoms with E-state index >= 15 is 0 Å². The second kappa shape index (κ2) is 3.92. The molecule has 0 radical (unpaired) electrons. The summed E-state index contributed by atoms with van der Waals surface area (Å²) in [6.07, 6.45) is 0. The summed E-state index contributed by atoms with van der Waals surface area (Å²) in [4.78, 5) is 14.4. The molecule has 2 rings (SSSR count). The summed E-state index contributed by atoms with van der Waals surface area (Å²) >= 11 is 11.1. The molecule has 1 N–H and O–H groups in total. The van der Waals surface area contributed by atoms with E-state index in [9.17, 15) is 4.79 Å². The number of fused-ring (bicyclic) bond motifs is 1. The zero-order chi connectivity index (χ0) is 11.9. The molecule has 0 fully saturated rings. The highest BCUT2D eigenvalue weighted by Crippen LogP contribution is 2.24. The van der Waals surface area contributed by atoms with Gasteiger partial charge in [0.25, 0.3) is 0 Å². The Morgan fingerprint density at radius 2 is 2.25 bits per heavy atom. The van der Waals surface area contributed by atoms with E-state index in [1.807, 2.05) is 7.05 Å². The number of aromatic nitrogens is 2. The van der Waals surface area contributed by atoms with Crippen molar-refractivity contribution in [3.05, 3.63) is 27.5 Å². The van der Waals surface area contributed by atoms with Gasteiger partial charge in [0.2, 0.25) is 0 Å². The topological polar surface area (TPSA) is 47.0 Å². The standard InChI is InChI=1S/C10H9ClN2O2S/c1-13-8-3-5(9(14)15-2)6(11)4-7(8)12-10(13)16/h3-4H,1-2H3,(H,12,16). The molecule has 84 valence electrons. The number of nitrogens with zero attached hydrogens (tertiary/aromatic N) is 1. The van der Waals surface area contributed by atoms with Crippen molar-refractivity contribution in [2.75, 3.05) is 7.11 Å². The van der Waals surface area contributed by atoms with E-state index in [4.69, 9.17) is 23.8 Å². The Morgan fingerprint density at radius 1 is 1.56 bits per heavy atom. The lowest BCUT2D eigenvalue weighted by atomic mass is 10.2. The Labute approximate surface area is 102 Å². The average molecular weight is 257 g/mol. The van der Waals surface area contributed by atoms with Crippen molar-refractivity contribution in [3.63, 3.8) is 0 Å².